The first kappa shape index (κ1) is 13.8. The van der Waals surface area contributed by atoms with E-state index in [0.29, 0.717) is 17.9 Å². The third-order valence-corrected chi connectivity index (χ3v) is 3.79. The van der Waals surface area contributed by atoms with Gasteiger partial charge in [-0.3, -0.25) is 9.69 Å². The molecule has 0 unspecified atom stereocenters. The number of rotatable bonds is 5. The molecule has 1 saturated carbocycles. The van der Waals surface area contributed by atoms with Crippen molar-refractivity contribution < 1.29 is 4.79 Å². The van der Waals surface area contributed by atoms with Gasteiger partial charge >= 0.3 is 0 Å². The molecule has 1 aromatic rings. The normalized spacial score (nSPS) is 15.3. The van der Waals surface area contributed by atoms with E-state index in [9.17, 15) is 4.79 Å². The summed E-state index contributed by atoms with van der Waals surface area (Å²) in [6, 6.07) is 3.72. The van der Waals surface area contributed by atoms with E-state index in [1.807, 2.05) is 19.9 Å². The third-order valence-electron chi connectivity index (χ3n) is 3.79. The zero-order valence-corrected chi connectivity index (χ0v) is 11.8. The van der Waals surface area contributed by atoms with Crippen molar-refractivity contribution in [3.05, 3.63) is 18.3 Å². The van der Waals surface area contributed by atoms with Crippen LogP contribution in [0.1, 0.15) is 46.0 Å². The van der Waals surface area contributed by atoms with E-state index in [1.165, 1.54) is 19.3 Å². The van der Waals surface area contributed by atoms with Gasteiger partial charge in [-0.25, -0.2) is 4.98 Å². The van der Waals surface area contributed by atoms with E-state index in [2.05, 4.69) is 4.98 Å². The summed E-state index contributed by atoms with van der Waals surface area (Å²) in [5, 5.41) is 0. The zero-order valence-electron chi connectivity index (χ0n) is 11.8. The molecular weight excluding hydrogens is 238 g/mol. The molecule has 1 aliphatic rings. The minimum Gasteiger partial charge on any atom is -0.397 e. The number of carbonyl (C=O) groups excluding carboxylic acids is 1. The van der Waals surface area contributed by atoms with Gasteiger partial charge in [-0.1, -0.05) is 19.3 Å². The zero-order chi connectivity index (χ0) is 13.8. The van der Waals surface area contributed by atoms with Crippen molar-refractivity contribution in [3.63, 3.8) is 0 Å². The first-order valence-corrected chi connectivity index (χ1v) is 7.11. The van der Waals surface area contributed by atoms with Gasteiger partial charge in [0.15, 0.2) is 0 Å². The molecule has 0 bridgehead atoms. The highest BCUT2D eigenvalue weighted by Crippen LogP contribution is 2.31. The highest BCUT2D eigenvalue weighted by molar-refractivity contribution is 5.92. The van der Waals surface area contributed by atoms with E-state index in [1.54, 1.807) is 17.2 Å². The Kier molecular flexibility index (Phi) is 4.40. The number of nitrogens with zero attached hydrogens (tertiary/aromatic N) is 2. The summed E-state index contributed by atoms with van der Waals surface area (Å²) in [4.78, 5) is 18.4. The molecule has 4 nitrogen and oxygen atoms in total. The molecule has 1 fully saturated rings. The predicted molar refractivity (Wildman–Crippen MR) is 77.8 cm³/mol. The van der Waals surface area contributed by atoms with Crippen LogP contribution in [-0.4, -0.2) is 16.9 Å². The maximum absolute atomic E-state index is 12.4. The van der Waals surface area contributed by atoms with Crippen LogP contribution in [0.15, 0.2) is 18.3 Å². The van der Waals surface area contributed by atoms with Crippen molar-refractivity contribution in [2.45, 2.75) is 52.0 Å². The molecule has 1 heterocycles. The maximum Gasteiger partial charge on any atom is 0.228 e. The lowest BCUT2D eigenvalue weighted by molar-refractivity contribution is -0.119. The Morgan fingerprint density at radius 2 is 2.21 bits per heavy atom. The molecule has 104 valence electrons. The smallest absolute Gasteiger partial charge is 0.228 e. The van der Waals surface area contributed by atoms with Crippen molar-refractivity contribution in [1.29, 1.82) is 0 Å². The number of nitrogen functional groups attached to an aromatic ring is 1. The molecule has 19 heavy (non-hydrogen) atoms. The Balaban J connectivity index is 2.01. The SMILES string of the molecule is CC(C)N(C(=O)CCC1CCC1)c1ccc(N)cn1. The van der Waals surface area contributed by atoms with Crippen molar-refractivity contribution in [3.8, 4) is 0 Å². The van der Waals surface area contributed by atoms with Gasteiger partial charge in [0.25, 0.3) is 0 Å². The number of hydrogen-bond donors (Lipinski definition) is 1. The molecule has 1 aromatic heterocycles. The van der Waals surface area contributed by atoms with Gasteiger partial charge in [-0.05, 0) is 38.3 Å². The Bertz CT molecular complexity index is 424. The van der Waals surface area contributed by atoms with Crippen LogP contribution in [0.2, 0.25) is 0 Å². The van der Waals surface area contributed by atoms with Crippen LogP contribution in [0.4, 0.5) is 11.5 Å². The van der Waals surface area contributed by atoms with Crippen LogP contribution in [-0.2, 0) is 4.79 Å². The Morgan fingerprint density at radius 1 is 1.47 bits per heavy atom. The topological polar surface area (TPSA) is 59.2 Å². The first-order chi connectivity index (χ1) is 9.08. The molecule has 0 aliphatic heterocycles. The first-order valence-electron chi connectivity index (χ1n) is 7.11. The molecule has 1 aliphatic carbocycles. The standard InChI is InChI=1S/C15H23N3O/c1-11(2)18(14-8-7-13(16)10-17-14)15(19)9-6-12-4-3-5-12/h7-8,10-12H,3-6,9,16H2,1-2H3. The van der Waals surface area contributed by atoms with Gasteiger partial charge in [0.05, 0.1) is 11.9 Å². The van der Waals surface area contributed by atoms with Crippen LogP contribution < -0.4 is 10.6 Å². The predicted octanol–water partition coefficient (Wildman–Crippen LogP) is 2.99. The van der Waals surface area contributed by atoms with Crippen molar-refractivity contribution in [2.24, 2.45) is 5.92 Å². The van der Waals surface area contributed by atoms with Crippen LogP contribution in [0, 0.1) is 5.92 Å². The van der Waals surface area contributed by atoms with E-state index in [4.69, 9.17) is 5.73 Å². The van der Waals surface area contributed by atoms with Crippen LogP contribution in [0.5, 0.6) is 0 Å². The molecule has 0 aromatic carbocycles. The number of aromatic nitrogens is 1. The molecule has 1 amide bonds. The highest BCUT2D eigenvalue weighted by atomic mass is 16.2. The molecule has 2 N–H and O–H groups in total. The molecule has 2 rings (SSSR count). The summed E-state index contributed by atoms with van der Waals surface area (Å²) < 4.78 is 0. The lowest BCUT2D eigenvalue weighted by atomic mass is 9.82. The van der Waals surface area contributed by atoms with Crippen LogP contribution >= 0.6 is 0 Å². The molecule has 0 spiro atoms. The molecule has 0 atom stereocenters. The van der Waals surface area contributed by atoms with Crippen LogP contribution in [0.25, 0.3) is 0 Å². The largest absolute Gasteiger partial charge is 0.397 e. The van der Waals surface area contributed by atoms with Gasteiger partial charge in [0, 0.05) is 12.5 Å². The fraction of sp³-hybridized carbons (Fsp3) is 0.600. The number of anilines is 2. The summed E-state index contributed by atoms with van der Waals surface area (Å²) in [6.07, 6.45) is 7.13. The lowest BCUT2D eigenvalue weighted by Crippen LogP contribution is -2.38. The van der Waals surface area contributed by atoms with Gasteiger partial charge in [-0.15, -0.1) is 0 Å². The Labute approximate surface area is 115 Å². The van der Waals surface area contributed by atoms with E-state index < -0.39 is 0 Å². The van der Waals surface area contributed by atoms with E-state index >= 15 is 0 Å². The second kappa shape index (κ2) is 6.04. The molecule has 0 saturated heterocycles. The number of nitrogens with two attached hydrogens (primary N) is 1. The minimum atomic E-state index is 0.116. The summed E-state index contributed by atoms with van der Waals surface area (Å²) in [5.74, 6) is 1.62. The fourth-order valence-electron chi connectivity index (χ4n) is 2.45. The van der Waals surface area contributed by atoms with E-state index in [-0.39, 0.29) is 11.9 Å². The number of carbonyl (C=O) groups is 1. The average molecular weight is 261 g/mol. The van der Waals surface area contributed by atoms with Crippen molar-refractivity contribution in [2.75, 3.05) is 10.6 Å². The molecule has 4 heteroatoms. The third kappa shape index (κ3) is 3.46. The summed E-state index contributed by atoms with van der Waals surface area (Å²) in [5.41, 5.74) is 6.26. The molecule has 0 radical (unpaired) electrons. The highest BCUT2D eigenvalue weighted by Gasteiger charge is 2.23. The van der Waals surface area contributed by atoms with Crippen LogP contribution in [0.3, 0.4) is 0 Å². The number of pyridine rings is 1. The quantitative estimate of drug-likeness (QED) is 0.886. The fourth-order valence-corrected chi connectivity index (χ4v) is 2.45. The molecular formula is C15H23N3O. The summed E-state index contributed by atoms with van der Waals surface area (Å²) in [7, 11) is 0. The number of amides is 1. The second-order valence-electron chi connectivity index (χ2n) is 5.64. The second-order valence-corrected chi connectivity index (χ2v) is 5.64. The minimum absolute atomic E-state index is 0.116. The number of hydrogen-bond acceptors (Lipinski definition) is 3. The van der Waals surface area contributed by atoms with Crippen molar-refractivity contribution in [1.82, 2.24) is 4.98 Å². The van der Waals surface area contributed by atoms with Crippen molar-refractivity contribution >= 4 is 17.4 Å². The van der Waals surface area contributed by atoms with Gasteiger partial charge in [-0.2, -0.15) is 0 Å². The Morgan fingerprint density at radius 3 is 2.68 bits per heavy atom. The monoisotopic (exact) mass is 261 g/mol. The average Bonchev–Trinajstić information content (AvgIpc) is 2.29. The van der Waals surface area contributed by atoms with Gasteiger partial charge in [0.1, 0.15) is 5.82 Å². The summed E-state index contributed by atoms with van der Waals surface area (Å²) in [6.45, 7) is 4.03. The summed E-state index contributed by atoms with van der Waals surface area (Å²) >= 11 is 0. The lowest BCUT2D eigenvalue weighted by Gasteiger charge is -2.29. The van der Waals surface area contributed by atoms with E-state index in [0.717, 1.165) is 12.3 Å². The maximum atomic E-state index is 12.4. The Hall–Kier alpha value is -1.58. The van der Waals surface area contributed by atoms with Gasteiger partial charge in [0.2, 0.25) is 5.91 Å². The van der Waals surface area contributed by atoms with Gasteiger partial charge < -0.3 is 5.73 Å².